The summed E-state index contributed by atoms with van der Waals surface area (Å²) in [6, 6.07) is 3.50. The van der Waals surface area contributed by atoms with Crippen LogP contribution in [0.1, 0.15) is 16.1 Å². The first kappa shape index (κ1) is 12.5. The molecule has 0 spiro atoms. The molecule has 2 amide bonds. The average Bonchev–Trinajstić information content (AvgIpc) is 2.47. The summed E-state index contributed by atoms with van der Waals surface area (Å²) in [6.45, 7) is 2.68. The van der Waals surface area contributed by atoms with Crippen LogP contribution in [0, 0.1) is 0 Å². The molecule has 0 atom stereocenters. The Morgan fingerprint density at radius 1 is 1.33 bits per heavy atom. The first-order chi connectivity index (χ1) is 8.74. The van der Waals surface area contributed by atoms with Crippen molar-refractivity contribution in [2.75, 3.05) is 26.2 Å². The van der Waals surface area contributed by atoms with Crippen LogP contribution in [-0.2, 0) is 11.3 Å². The minimum atomic E-state index is -0.0934. The van der Waals surface area contributed by atoms with Gasteiger partial charge < -0.3 is 15.5 Å². The highest BCUT2D eigenvalue weighted by molar-refractivity contribution is 5.92. The van der Waals surface area contributed by atoms with Crippen molar-refractivity contribution in [1.82, 2.24) is 14.8 Å². The highest BCUT2D eigenvalue weighted by Crippen LogP contribution is 2.07. The number of nitrogens with zero attached hydrogens (tertiary/aromatic N) is 3. The molecule has 1 fully saturated rings. The summed E-state index contributed by atoms with van der Waals surface area (Å²) in [4.78, 5) is 30.2. The lowest BCUT2D eigenvalue weighted by molar-refractivity contribution is -0.119. The van der Waals surface area contributed by atoms with Crippen molar-refractivity contribution in [3.05, 3.63) is 29.6 Å². The van der Waals surface area contributed by atoms with E-state index >= 15 is 0 Å². The van der Waals surface area contributed by atoms with Crippen LogP contribution in [0.3, 0.4) is 0 Å². The number of carbonyl (C=O) groups is 2. The van der Waals surface area contributed by atoms with Crippen molar-refractivity contribution >= 4 is 12.3 Å². The number of amides is 2. The lowest BCUT2D eigenvalue weighted by Crippen LogP contribution is -2.48. The van der Waals surface area contributed by atoms with Gasteiger partial charge in [0.15, 0.2) is 0 Å². The van der Waals surface area contributed by atoms with E-state index in [2.05, 4.69) is 4.98 Å². The normalized spacial score (nSPS) is 15.6. The molecule has 1 aliphatic rings. The van der Waals surface area contributed by atoms with Crippen molar-refractivity contribution < 1.29 is 9.59 Å². The molecule has 2 N–H and O–H groups in total. The number of rotatable bonds is 3. The van der Waals surface area contributed by atoms with Gasteiger partial charge in [-0.15, -0.1) is 0 Å². The van der Waals surface area contributed by atoms with E-state index in [0.717, 1.165) is 12.0 Å². The highest BCUT2D eigenvalue weighted by Gasteiger charge is 2.21. The summed E-state index contributed by atoms with van der Waals surface area (Å²) >= 11 is 0. The molecule has 0 bridgehead atoms. The predicted molar refractivity (Wildman–Crippen MR) is 65.7 cm³/mol. The molecule has 96 valence electrons. The zero-order valence-electron chi connectivity index (χ0n) is 10.1. The molecule has 0 unspecified atom stereocenters. The Kier molecular flexibility index (Phi) is 3.88. The molecular weight excluding hydrogens is 232 g/mol. The highest BCUT2D eigenvalue weighted by atomic mass is 16.2. The van der Waals surface area contributed by atoms with E-state index in [1.165, 1.54) is 0 Å². The topological polar surface area (TPSA) is 79.5 Å². The Balaban J connectivity index is 2.00. The van der Waals surface area contributed by atoms with Crippen molar-refractivity contribution in [2.24, 2.45) is 5.73 Å². The zero-order valence-corrected chi connectivity index (χ0v) is 10.1. The van der Waals surface area contributed by atoms with Gasteiger partial charge >= 0.3 is 0 Å². The van der Waals surface area contributed by atoms with Crippen LogP contribution >= 0.6 is 0 Å². The summed E-state index contributed by atoms with van der Waals surface area (Å²) in [7, 11) is 0. The number of hydrogen-bond acceptors (Lipinski definition) is 4. The fraction of sp³-hybridized carbons (Fsp3) is 0.417. The molecule has 0 aliphatic carbocycles. The lowest BCUT2D eigenvalue weighted by atomic mass is 10.2. The van der Waals surface area contributed by atoms with Gasteiger partial charge in [-0.25, -0.2) is 0 Å². The quantitative estimate of drug-likeness (QED) is 0.728. The summed E-state index contributed by atoms with van der Waals surface area (Å²) in [6.07, 6.45) is 2.44. The Bertz CT molecular complexity index is 424. The van der Waals surface area contributed by atoms with Crippen molar-refractivity contribution in [3.63, 3.8) is 0 Å². The summed E-state index contributed by atoms with van der Waals surface area (Å²) in [5.41, 5.74) is 6.80. The van der Waals surface area contributed by atoms with Crippen molar-refractivity contribution in [2.45, 2.75) is 6.54 Å². The second kappa shape index (κ2) is 5.59. The second-order valence-electron chi connectivity index (χ2n) is 4.19. The largest absolute Gasteiger partial charge is 0.342 e. The maximum absolute atomic E-state index is 12.1. The van der Waals surface area contributed by atoms with Crippen LogP contribution in [0.2, 0.25) is 0 Å². The van der Waals surface area contributed by atoms with Crippen LogP contribution in [0.5, 0.6) is 0 Å². The number of pyridine rings is 1. The van der Waals surface area contributed by atoms with Gasteiger partial charge in [0.25, 0.3) is 5.91 Å². The third-order valence-corrected chi connectivity index (χ3v) is 3.03. The Hall–Kier alpha value is -1.95. The van der Waals surface area contributed by atoms with Crippen LogP contribution < -0.4 is 5.73 Å². The SMILES string of the molecule is NCc1ccc(C(=O)N2CCN(C=O)CC2)nc1. The molecule has 0 aromatic carbocycles. The molecular formula is C12H16N4O2. The first-order valence-electron chi connectivity index (χ1n) is 5.88. The van der Waals surface area contributed by atoms with Crippen molar-refractivity contribution in [3.8, 4) is 0 Å². The predicted octanol–water partition coefficient (Wildman–Crippen LogP) is -0.545. The Morgan fingerprint density at radius 2 is 2.06 bits per heavy atom. The zero-order chi connectivity index (χ0) is 13.0. The van der Waals surface area contributed by atoms with Gasteiger partial charge in [0.2, 0.25) is 6.41 Å². The third-order valence-electron chi connectivity index (χ3n) is 3.03. The number of hydrogen-bond donors (Lipinski definition) is 1. The fourth-order valence-electron chi connectivity index (χ4n) is 1.86. The maximum Gasteiger partial charge on any atom is 0.272 e. The van der Waals surface area contributed by atoms with Gasteiger partial charge in [-0.05, 0) is 11.6 Å². The average molecular weight is 248 g/mol. The van der Waals surface area contributed by atoms with Gasteiger partial charge in [0.05, 0.1) is 0 Å². The number of nitrogens with two attached hydrogens (primary N) is 1. The number of carbonyl (C=O) groups excluding carboxylic acids is 2. The van der Waals surface area contributed by atoms with E-state index in [4.69, 9.17) is 5.73 Å². The summed E-state index contributed by atoms with van der Waals surface area (Å²) in [5.74, 6) is -0.0934. The Labute approximate surface area is 105 Å². The van der Waals surface area contributed by atoms with E-state index in [1.807, 2.05) is 6.07 Å². The van der Waals surface area contributed by atoms with E-state index in [9.17, 15) is 9.59 Å². The monoisotopic (exact) mass is 248 g/mol. The molecule has 1 aliphatic heterocycles. The standard InChI is InChI=1S/C12H16N4O2/c13-7-10-1-2-11(14-8-10)12(18)16-5-3-15(9-17)4-6-16/h1-2,8-9H,3-7,13H2. The molecule has 18 heavy (non-hydrogen) atoms. The number of piperazine rings is 1. The van der Waals surface area contributed by atoms with Crippen LogP contribution in [0.4, 0.5) is 0 Å². The minimum Gasteiger partial charge on any atom is -0.342 e. The van der Waals surface area contributed by atoms with Crippen LogP contribution in [0.25, 0.3) is 0 Å². The fourth-order valence-corrected chi connectivity index (χ4v) is 1.86. The molecule has 1 saturated heterocycles. The first-order valence-corrected chi connectivity index (χ1v) is 5.88. The molecule has 0 radical (unpaired) electrons. The smallest absolute Gasteiger partial charge is 0.272 e. The van der Waals surface area contributed by atoms with Gasteiger partial charge in [-0.2, -0.15) is 0 Å². The van der Waals surface area contributed by atoms with E-state index < -0.39 is 0 Å². The van der Waals surface area contributed by atoms with E-state index in [-0.39, 0.29) is 5.91 Å². The van der Waals surface area contributed by atoms with Crippen LogP contribution in [-0.4, -0.2) is 53.3 Å². The van der Waals surface area contributed by atoms with Gasteiger partial charge in [-0.1, -0.05) is 6.07 Å². The molecule has 6 nitrogen and oxygen atoms in total. The van der Waals surface area contributed by atoms with Gasteiger partial charge in [0.1, 0.15) is 5.69 Å². The lowest BCUT2D eigenvalue weighted by Gasteiger charge is -2.32. The minimum absolute atomic E-state index is 0.0934. The molecule has 1 aromatic heterocycles. The van der Waals surface area contributed by atoms with Crippen molar-refractivity contribution in [1.29, 1.82) is 0 Å². The van der Waals surface area contributed by atoms with Crippen LogP contribution in [0.15, 0.2) is 18.3 Å². The Morgan fingerprint density at radius 3 is 2.56 bits per heavy atom. The maximum atomic E-state index is 12.1. The van der Waals surface area contributed by atoms with Gasteiger partial charge in [-0.3, -0.25) is 14.6 Å². The molecule has 6 heteroatoms. The van der Waals surface area contributed by atoms with E-state index in [0.29, 0.717) is 38.4 Å². The second-order valence-corrected chi connectivity index (χ2v) is 4.19. The molecule has 2 rings (SSSR count). The third kappa shape index (κ3) is 2.65. The van der Waals surface area contributed by atoms with E-state index in [1.54, 1.807) is 22.1 Å². The summed E-state index contributed by atoms with van der Waals surface area (Å²) in [5, 5.41) is 0. The molecule has 0 saturated carbocycles. The summed E-state index contributed by atoms with van der Waals surface area (Å²) < 4.78 is 0. The molecule has 1 aromatic rings. The molecule has 2 heterocycles. The van der Waals surface area contributed by atoms with Gasteiger partial charge in [0, 0.05) is 38.9 Å². The number of aromatic nitrogens is 1.